The third-order valence-corrected chi connectivity index (χ3v) is 11.0. The summed E-state index contributed by atoms with van der Waals surface area (Å²) in [5.41, 5.74) is 2.75. The lowest BCUT2D eigenvalue weighted by molar-refractivity contribution is -0.317. The molecule has 4 aromatic rings. The van der Waals surface area contributed by atoms with Gasteiger partial charge in [-0.1, -0.05) is 12.1 Å². The standard InChI is InChI=1S/C41H44O15/c1-47-21-10-6-19(7-11-21)37-29(52-40-36(45)35(44)34(43)30(18-42)53-40)16-24-25(50-4)17-28-32(38(24)54-37)33-31-26(51-5)14-23(49-3)15-27(31)55-41(56-28,39(33)46)20-8-12-22(48-2)13-9-20/h6-15,17,29-30,33-37,39-40,42-46H,16,18H2,1-5H3/t29-,30-,33+,34-,35+,36-,37+,39+,40-,41-/m1/s1. The predicted molar refractivity (Wildman–Crippen MR) is 195 cm³/mol. The molecule has 4 aliphatic heterocycles. The van der Waals surface area contributed by atoms with Crippen molar-refractivity contribution in [2.24, 2.45) is 0 Å². The van der Waals surface area contributed by atoms with Gasteiger partial charge in [-0.05, 0) is 42.0 Å². The van der Waals surface area contributed by atoms with Crippen LogP contribution in [0.5, 0.6) is 46.0 Å². The van der Waals surface area contributed by atoms with Crippen molar-refractivity contribution in [3.8, 4) is 46.0 Å². The number of methoxy groups -OCH3 is 5. The first kappa shape index (κ1) is 37.9. The fourth-order valence-corrected chi connectivity index (χ4v) is 8.13. The lowest BCUT2D eigenvalue weighted by Gasteiger charge is -2.51. The molecular weight excluding hydrogens is 732 g/mol. The average molecular weight is 777 g/mol. The number of aliphatic hydroxyl groups excluding tert-OH is 5. The lowest BCUT2D eigenvalue weighted by Crippen LogP contribution is -2.60. The highest BCUT2D eigenvalue weighted by molar-refractivity contribution is 5.68. The van der Waals surface area contributed by atoms with Crippen LogP contribution in [0.25, 0.3) is 0 Å². The topological polar surface area (TPSA) is 193 Å². The van der Waals surface area contributed by atoms with E-state index in [0.717, 1.165) is 0 Å². The van der Waals surface area contributed by atoms with Crippen molar-refractivity contribution in [2.45, 2.75) is 67.1 Å². The Kier molecular flexibility index (Phi) is 10.0. The van der Waals surface area contributed by atoms with E-state index < -0.39 is 67.3 Å². The summed E-state index contributed by atoms with van der Waals surface area (Å²) in [7, 11) is 7.67. The second-order valence-electron chi connectivity index (χ2n) is 13.9. The van der Waals surface area contributed by atoms with Crippen LogP contribution in [0.3, 0.4) is 0 Å². The molecule has 10 atom stereocenters. The summed E-state index contributed by atoms with van der Waals surface area (Å²) in [6.45, 7) is -0.626. The molecule has 0 unspecified atom stereocenters. The van der Waals surface area contributed by atoms with Crippen molar-refractivity contribution in [1.82, 2.24) is 0 Å². The first-order valence-corrected chi connectivity index (χ1v) is 18.1. The van der Waals surface area contributed by atoms with Gasteiger partial charge in [0.2, 0.25) is 0 Å². The zero-order valence-electron chi connectivity index (χ0n) is 31.3. The van der Waals surface area contributed by atoms with Crippen molar-refractivity contribution < 1.29 is 72.9 Å². The largest absolute Gasteiger partial charge is 0.497 e. The van der Waals surface area contributed by atoms with E-state index in [1.165, 1.54) is 21.3 Å². The molecule has 4 heterocycles. The molecule has 0 aliphatic carbocycles. The molecule has 0 radical (unpaired) electrons. The van der Waals surface area contributed by atoms with Crippen LogP contribution < -0.4 is 37.9 Å². The Morgan fingerprint density at radius 3 is 1.91 bits per heavy atom. The van der Waals surface area contributed by atoms with Gasteiger partial charge in [-0.3, -0.25) is 0 Å². The molecule has 0 amide bonds. The summed E-state index contributed by atoms with van der Waals surface area (Å²) in [5, 5.41) is 54.5. The van der Waals surface area contributed by atoms with Gasteiger partial charge in [-0.25, -0.2) is 0 Å². The van der Waals surface area contributed by atoms with E-state index in [4.69, 9.17) is 47.4 Å². The Bertz CT molecular complexity index is 2050. The highest BCUT2D eigenvalue weighted by Gasteiger charge is 2.60. The van der Waals surface area contributed by atoms with E-state index in [-0.39, 0.29) is 6.42 Å². The molecule has 0 aromatic heterocycles. The Morgan fingerprint density at radius 1 is 0.679 bits per heavy atom. The highest BCUT2D eigenvalue weighted by atomic mass is 16.7. The van der Waals surface area contributed by atoms with Crippen LogP contribution in [0.15, 0.2) is 66.7 Å². The third kappa shape index (κ3) is 6.02. The van der Waals surface area contributed by atoms with Gasteiger partial charge in [0.05, 0.1) is 48.1 Å². The molecule has 8 rings (SSSR count). The molecular formula is C41H44O15. The van der Waals surface area contributed by atoms with E-state index in [0.29, 0.717) is 73.8 Å². The molecule has 4 aliphatic rings. The normalized spacial score (nSPS) is 29.9. The number of benzene rings is 4. The minimum absolute atomic E-state index is 0.118. The number of aliphatic hydroxyl groups is 5. The predicted octanol–water partition coefficient (Wildman–Crippen LogP) is 2.72. The van der Waals surface area contributed by atoms with Crippen molar-refractivity contribution in [3.63, 3.8) is 0 Å². The number of fused-ring (bicyclic) bond motifs is 8. The van der Waals surface area contributed by atoms with Gasteiger partial charge >= 0.3 is 5.79 Å². The number of hydrogen-bond acceptors (Lipinski definition) is 15. The van der Waals surface area contributed by atoms with Crippen LogP contribution in [-0.2, 0) is 21.7 Å². The zero-order chi connectivity index (χ0) is 39.5. The van der Waals surface area contributed by atoms with Crippen molar-refractivity contribution >= 4 is 0 Å². The third-order valence-electron chi connectivity index (χ3n) is 11.0. The smallest absolute Gasteiger partial charge is 0.305 e. The maximum absolute atomic E-state index is 12.6. The molecule has 0 saturated carbocycles. The van der Waals surface area contributed by atoms with E-state index in [2.05, 4.69) is 0 Å². The lowest BCUT2D eigenvalue weighted by atomic mass is 9.74. The highest BCUT2D eigenvalue weighted by Crippen LogP contribution is 2.62. The fourth-order valence-electron chi connectivity index (χ4n) is 8.13. The number of rotatable bonds is 10. The number of ether oxygens (including phenoxy) is 10. The van der Waals surface area contributed by atoms with Gasteiger partial charge in [-0.2, -0.15) is 0 Å². The maximum Gasteiger partial charge on any atom is 0.305 e. The van der Waals surface area contributed by atoms with Gasteiger partial charge in [0.1, 0.15) is 82.6 Å². The van der Waals surface area contributed by atoms with E-state index >= 15 is 0 Å². The first-order chi connectivity index (χ1) is 27.1. The van der Waals surface area contributed by atoms with Crippen molar-refractivity contribution in [2.75, 3.05) is 42.2 Å². The second kappa shape index (κ2) is 14.8. The maximum atomic E-state index is 12.6. The molecule has 298 valence electrons. The monoisotopic (exact) mass is 776 g/mol. The molecule has 5 N–H and O–H groups in total. The van der Waals surface area contributed by atoms with Gasteiger partial charge < -0.3 is 72.9 Å². The number of hydrogen-bond donors (Lipinski definition) is 5. The van der Waals surface area contributed by atoms with E-state index in [9.17, 15) is 25.5 Å². The van der Waals surface area contributed by atoms with Crippen molar-refractivity contribution in [3.05, 3.63) is 94.5 Å². The van der Waals surface area contributed by atoms with Crippen LogP contribution in [0.4, 0.5) is 0 Å². The van der Waals surface area contributed by atoms with Crippen LogP contribution in [0.1, 0.15) is 39.8 Å². The summed E-state index contributed by atoms with van der Waals surface area (Å²) >= 11 is 0. The molecule has 1 saturated heterocycles. The Balaban J connectivity index is 1.31. The molecule has 56 heavy (non-hydrogen) atoms. The summed E-state index contributed by atoms with van der Waals surface area (Å²) in [6, 6.07) is 19.3. The molecule has 0 spiro atoms. The Labute approximate surface area is 322 Å². The molecule has 2 bridgehead atoms. The summed E-state index contributed by atoms with van der Waals surface area (Å²) in [6.07, 6.45) is -10.6. The van der Waals surface area contributed by atoms with Crippen molar-refractivity contribution in [1.29, 1.82) is 0 Å². The molecule has 4 aromatic carbocycles. The summed E-state index contributed by atoms with van der Waals surface area (Å²) in [5.74, 6) is 0.838. The van der Waals surface area contributed by atoms with E-state index in [1.54, 1.807) is 68.8 Å². The SMILES string of the molecule is COc1ccc([C@@H]2Oc3c(c(OC)cc4c3[C@@H]3c5c(OC)cc(OC)cc5O[C@](c5ccc(OC)cc5)(O4)[C@H]3O)C[C@H]2O[C@@H]2O[C@H](CO)[C@@H](O)[C@H](O)[C@H]2O)cc1. The van der Waals surface area contributed by atoms with Gasteiger partial charge in [-0.15, -0.1) is 0 Å². The average Bonchev–Trinajstić information content (AvgIpc) is 3.23. The fraction of sp³-hybridized carbons (Fsp3) is 0.415. The second-order valence-corrected chi connectivity index (χ2v) is 13.9. The Morgan fingerprint density at radius 2 is 1.30 bits per heavy atom. The summed E-state index contributed by atoms with van der Waals surface area (Å²) in [4.78, 5) is 0. The van der Waals surface area contributed by atoms with Crippen LogP contribution in [0.2, 0.25) is 0 Å². The van der Waals surface area contributed by atoms with Crippen LogP contribution in [0, 0.1) is 0 Å². The molecule has 1 fully saturated rings. The van der Waals surface area contributed by atoms with Gasteiger partial charge in [0.25, 0.3) is 0 Å². The molecule has 15 nitrogen and oxygen atoms in total. The first-order valence-electron chi connectivity index (χ1n) is 18.1. The summed E-state index contributed by atoms with van der Waals surface area (Å²) < 4.78 is 61.0. The van der Waals surface area contributed by atoms with Crippen LogP contribution >= 0.6 is 0 Å². The van der Waals surface area contributed by atoms with E-state index in [1.807, 2.05) is 12.1 Å². The minimum atomic E-state index is -1.76. The van der Waals surface area contributed by atoms with Gasteiger partial charge in [0, 0.05) is 46.9 Å². The minimum Gasteiger partial charge on any atom is -0.497 e. The van der Waals surface area contributed by atoms with Crippen LogP contribution in [-0.4, -0.2) is 111 Å². The Hall–Kier alpha value is -5.00. The molecule has 15 heteroatoms. The zero-order valence-corrected chi connectivity index (χ0v) is 31.3. The quantitative estimate of drug-likeness (QED) is 0.158. The van der Waals surface area contributed by atoms with Gasteiger partial charge in [0.15, 0.2) is 12.4 Å².